The summed E-state index contributed by atoms with van der Waals surface area (Å²) in [5, 5.41) is 2.88. The van der Waals surface area contributed by atoms with Crippen LogP contribution in [0.5, 0.6) is 0 Å². The number of aromatic nitrogens is 1. The minimum absolute atomic E-state index is 0.121. The number of anilines is 1. The first-order valence-corrected chi connectivity index (χ1v) is 8.84. The first kappa shape index (κ1) is 18.1. The summed E-state index contributed by atoms with van der Waals surface area (Å²) in [5.41, 5.74) is 2.95. The monoisotopic (exact) mass is 352 g/mol. The van der Waals surface area contributed by atoms with Gasteiger partial charge in [-0.25, -0.2) is 0 Å². The zero-order valence-electron chi connectivity index (χ0n) is 15.2. The minimum atomic E-state index is -0.201. The van der Waals surface area contributed by atoms with E-state index in [-0.39, 0.29) is 11.8 Å². The Kier molecular flexibility index (Phi) is 5.63. The van der Waals surface area contributed by atoms with Crippen molar-refractivity contribution in [3.05, 3.63) is 59.4 Å². The SMILES string of the molecule is CN(C)CCCNC(=O)c1cncc(C(=O)N2CCc3ccccc32)c1. The van der Waals surface area contributed by atoms with Crippen molar-refractivity contribution in [1.29, 1.82) is 0 Å². The zero-order valence-corrected chi connectivity index (χ0v) is 15.2. The number of carbonyl (C=O) groups excluding carboxylic acids is 2. The van der Waals surface area contributed by atoms with Crippen LogP contribution in [0.2, 0.25) is 0 Å². The normalized spacial score (nSPS) is 13.0. The summed E-state index contributed by atoms with van der Waals surface area (Å²) < 4.78 is 0. The Morgan fingerprint density at radius 1 is 1.19 bits per heavy atom. The summed E-state index contributed by atoms with van der Waals surface area (Å²) in [4.78, 5) is 33.1. The minimum Gasteiger partial charge on any atom is -0.352 e. The molecular weight excluding hydrogens is 328 g/mol. The predicted octanol–water partition coefficient (Wildman–Crippen LogP) is 1.97. The van der Waals surface area contributed by atoms with Gasteiger partial charge in [0.1, 0.15) is 0 Å². The summed E-state index contributed by atoms with van der Waals surface area (Å²) in [7, 11) is 3.99. The van der Waals surface area contributed by atoms with Gasteiger partial charge in [-0.05, 0) is 51.2 Å². The lowest BCUT2D eigenvalue weighted by Crippen LogP contribution is -2.30. The van der Waals surface area contributed by atoms with Crippen LogP contribution in [0.15, 0.2) is 42.7 Å². The summed E-state index contributed by atoms with van der Waals surface area (Å²) >= 11 is 0. The van der Waals surface area contributed by atoms with Crippen LogP contribution in [0.3, 0.4) is 0 Å². The van der Waals surface area contributed by atoms with E-state index in [1.54, 1.807) is 11.0 Å². The number of carbonyl (C=O) groups is 2. The molecule has 1 aromatic carbocycles. The molecule has 3 rings (SSSR count). The molecule has 1 aliphatic rings. The number of para-hydroxylation sites is 1. The summed E-state index contributed by atoms with van der Waals surface area (Å²) in [5.74, 6) is -0.322. The molecule has 26 heavy (non-hydrogen) atoms. The van der Waals surface area contributed by atoms with Crippen molar-refractivity contribution in [2.75, 3.05) is 38.6 Å². The number of rotatable bonds is 6. The van der Waals surface area contributed by atoms with Crippen molar-refractivity contribution < 1.29 is 9.59 Å². The van der Waals surface area contributed by atoms with Crippen LogP contribution < -0.4 is 10.2 Å². The second-order valence-corrected chi connectivity index (χ2v) is 6.71. The molecule has 6 heteroatoms. The van der Waals surface area contributed by atoms with Crippen molar-refractivity contribution in [2.24, 2.45) is 0 Å². The molecule has 0 saturated carbocycles. The zero-order chi connectivity index (χ0) is 18.5. The Hall–Kier alpha value is -2.73. The Bertz CT molecular complexity index is 804. The number of nitrogens with zero attached hydrogens (tertiary/aromatic N) is 3. The largest absolute Gasteiger partial charge is 0.352 e. The van der Waals surface area contributed by atoms with Crippen LogP contribution in [-0.2, 0) is 6.42 Å². The van der Waals surface area contributed by atoms with Crippen LogP contribution in [0.25, 0.3) is 0 Å². The molecule has 0 radical (unpaired) electrons. The first-order chi connectivity index (χ1) is 12.6. The molecular formula is C20H24N4O2. The molecule has 0 unspecified atom stereocenters. The van der Waals surface area contributed by atoms with Gasteiger partial charge in [0.05, 0.1) is 11.1 Å². The van der Waals surface area contributed by atoms with Gasteiger partial charge in [-0.2, -0.15) is 0 Å². The fourth-order valence-corrected chi connectivity index (χ4v) is 3.09. The molecule has 6 nitrogen and oxygen atoms in total. The van der Waals surface area contributed by atoms with Gasteiger partial charge in [-0.15, -0.1) is 0 Å². The quantitative estimate of drug-likeness (QED) is 0.807. The van der Waals surface area contributed by atoms with Gasteiger partial charge in [-0.1, -0.05) is 18.2 Å². The molecule has 1 aromatic heterocycles. The Balaban J connectivity index is 1.67. The third-order valence-electron chi connectivity index (χ3n) is 4.45. The number of benzene rings is 1. The number of hydrogen-bond donors (Lipinski definition) is 1. The Morgan fingerprint density at radius 2 is 1.96 bits per heavy atom. The fraction of sp³-hybridized carbons (Fsp3) is 0.350. The number of pyridine rings is 1. The number of hydrogen-bond acceptors (Lipinski definition) is 4. The highest BCUT2D eigenvalue weighted by Gasteiger charge is 2.25. The van der Waals surface area contributed by atoms with Crippen molar-refractivity contribution >= 4 is 17.5 Å². The fourth-order valence-electron chi connectivity index (χ4n) is 3.09. The second-order valence-electron chi connectivity index (χ2n) is 6.71. The van der Waals surface area contributed by atoms with Gasteiger partial charge in [0, 0.05) is 31.2 Å². The van der Waals surface area contributed by atoms with E-state index >= 15 is 0 Å². The predicted molar refractivity (Wildman–Crippen MR) is 102 cm³/mol. The van der Waals surface area contributed by atoms with E-state index in [1.165, 1.54) is 18.0 Å². The molecule has 1 aliphatic heterocycles. The van der Waals surface area contributed by atoms with E-state index in [9.17, 15) is 9.59 Å². The van der Waals surface area contributed by atoms with E-state index < -0.39 is 0 Å². The maximum atomic E-state index is 12.9. The van der Waals surface area contributed by atoms with E-state index in [2.05, 4.69) is 15.2 Å². The molecule has 0 saturated heterocycles. The molecule has 2 amide bonds. The molecule has 0 bridgehead atoms. The standard InChI is InChI=1S/C20H24N4O2/c1-23(2)10-5-9-22-19(25)16-12-17(14-21-13-16)20(26)24-11-8-15-6-3-4-7-18(15)24/h3-4,6-7,12-14H,5,8-11H2,1-2H3,(H,22,25). The highest BCUT2D eigenvalue weighted by molar-refractivity contribution is 6.08. The molecule has 0 aliphatic carbocycles. The van der Waals surface area contributed by atoms with E-state index in [4.69, 9.17) is 0 Å². The summed E-state index contributed by atoms with van der Waals surface area (Å²) in [6.45, 7) is 2.15. The first-order valence-electron chi connectivity index (χ1n) is 8.84. The van der Waals surface area contributed by atoms with Gasteiger partial charge in [0.15, 0.2) is 0 Å². The molecule has 0 fully saturated rings. The highest BCUT2D eigenvalue weighted by atomic mass is 16.2. The summed E-state index contributed by atoms with van der Waals surface area (Å²) in [6.07, 6.45) is 4.73. The molecule has 136 valence electrons. The lowest BCUT2D eigenvalue weighted by molar-refractivity contribution is 0.0952. The maximum Gasteiger partial charge on any atom is 0.259 e. The summed E-state index contributed by atoms with van der Waals surface area (Å²) in [6, 6.07) is 9.53. The van der Waals surface area contributed by atoms with E-state index in [1.807, 2.05) is 38.4 Å². The molecule has 1 N–H and O–H groups in total. The molecule has 2 heterocycles. The third-order valence-corrected chi connectivity index (χ3v) is 4.45. The Labute approximate surface area is 153 Å². The average molecular weight is 352 g/mol. The number of amides is 2. The van der Waals surface area contributed by atoms with Gasteiger partial charge in [0.2, 0.25) is 0 Å². The number of fused-ring (bicyclic) bond motifs is 1. The van der Waals surface area contributed by atoms with Crippen molar-refractivity contribution in [3.8, 4) is 0 Å². The molecule has 0 atom stereocenters. The van der Waals surface area contributed by atoms with Crippen LogP contribution >= 0.6 is 0 Å². The van der Waals surface area contributed by atoms with Crippen molar-refractivity contribution in [3.63, 3.8) is 0 Å². The van der Waals surface area contributed by atoms with Crippen LogP contribution in [0, 0.1) is 0 Å². The van der Waals surface area contributed by atoms with E-state index in [0.29, 0.717) is 24.2 Å². The van der Waals surface area contributed by atoms with Crippen LogP contribution in [0.4, 0.5) is 5.69 Å². The van der Waals surface area contributed by atoms with E-state index in [0.717, 1.165) is 25.1 Å². The van der Waals surface area contributed by atoms with Crippen LogP contribution in [0.1, 0.15) is 32.7 Å². The highest BCUT2D eigenvalue weighted by Crippen LogP contribution is 2.28. The third kappa shape index (κ3) is 4.08. The lowest BCUT2D eigenvalue weighted by Gasteiger charge is -2.17. The van der Waals surface area contributed by atoms with Gasteiger partial charge in [-0.3, -0.25) is 14.6 Å². The average Bonchev–Trinajstić information content (AvgIpc) is 3.08. The second kappa shape index (κ2) is 8.10. The van der Waals surface area contributed by atoms with Crippen LogP contribution in [-0.4, -0.2) is 55.4 Å². The van der Waals surface area contributed by atoms with Crippen molar-refractivity contribution in [1.82, 2.24) is 15.2 Å². The smallest absolute Gasteiger partial charge is 0.259 e. The molecule has 0 spiro atoms. The topological polar surface area (TPSA) is 65.5 Å². The van der Waals surface area contributed by atoms with Gasteiger partial charge >= 0.3 is 0 Å². The van der Waals surface area contributed by atoms with Gasteiger partial charge in [0.25, 0.3) is 11.8 Å². The lowest BCUT2D eigenvalue weighted by atomic mass is 10.1. The van der Waals surface area contributed by atoms with Crippen molar-refractivity contribution in [2.45, 2.75) is 12.8 Å². The molecule has 2 aromatic rings. The van der Waals surface area contributed by atoms with Gasteiger partial charge < -0.3 is 15.1 Å². The Morgan fingerprint density at radius 3 is 2.77 bits per heavy atom. The maximum absolute atomic E-state index is 12.9. The number of nitrogens with one attached hydrogen (secondary N) is 1.